The minimum absolute atomic E-state index is 0.0959. The molecule has 0 aliphatic heterocycles. The molecule has 5 nitrogen and oxygen atoms in total. The van der Waals surface area contributed by atoms with Crippen molar-refractivity contribution >= 4 is 21.8 Å². The van der Waals surface area contributed by atoms with Gasteiger partial charge in [0.25, 0.3) is 0 Å². The molecule has 0 unspecified atom stereocenters. The summed E-state index contributed by atoms with van der Waals surface area (Å²) in [6, 6.07) is 6.44. The first-order chi connectivity index (χ1) is 10.4. The Morgan fingerprint density at radius 1 is 1.45 bits per heavy atom. The predicted molar refractivity (Wildman–Crippen MR) is 85.7 cm³/mol. The van der Waals surface area contributed by atoms with Crippen LogP contribution < -0.4 is 4.72 Å². The van der Waals surface area contributed by atoms with Crippen LogP contribution in [0.3, 0.4) is 0 Å². The summed E-state index contributed by atoms with van der Waals surface area (Å²) in [5.41, 5.74) is 0.889. The molecule has 0 saturated carbocycles. The number of rotatable bonds is 7. The molecule has 2 aromatic rings. The van der Waals surface area contributed by atoms with Gasteiger partial charge in [-0.25, -0.2) is 17.5 Å². The lowest BCUT2D eigenvalue weighted by molar-refractivity contribution is 0.584. The predicted octanol–water partition coefficient (Wildman–Crippen LogP) is 2.33. The summed E-state index contributed by atoms with van der Waals surface area (Å²) in [6.45, 7) is 2.27. The van der Waals surface area contributed by atoms with Crippen LogP contribution in [0.1, 0.15) is 17.7 Å². The SMILES string of the molecule is C[C@H](SCCNS(=O)(=O)c1cnn(C)c1)c1cccc(F)c1. The fraction of sp³-hybridized carbons (Fsp3) is 0.357. The monoisotopic (exact) mass is 343 g/mol. The fourth-order valence-electron chi connectivity index (χ4n) is 1.89. The molecule has 1 aromatic heterocycles. The highest BCUT2D eigenvalue weighted by Crippen LogP contribution is 2.27. The molecule has 1 atom stereocenters. The van der Waals surface area contributed by atoms with Gasteiger partial charge in [0.05, 0.1) is 6.20 Å². The molecule has 0 aliphatic carbocycles. The summed E-state index contributed by atoms with van der Waals surface area (Å²) in [6.07, 6.45) is 2.76. The second kappa shape index (κ2) is 7.26. The van der Waals surface area contributed by atoms with Crippen LogP contribution in [0.25, 0.3) is 0 Å². The molecule has 0 radical (unpaired) electrons. The van der Waals surface area contributed by atoms with Gasteiger partial charge in [-0.1, -0.05) is 12.1 Å². The third kappa shape index (κ3) is 4.56. The first-order valence-corrected chi connectivity index (χ1v) is 9.27. The average molecular weight is 343 g/mol. The van der Waals surface area contributed by atoms with E-state index in [0.717, 1.165) is 5.56 Å². The van der Waals surface area contributed by atoms with E-state index in [0.29, 0.717) is 12.3 Å². The topological polar surface area (TPSA) is 64.0 Å². The minimum atomic E-state index is -3.52. The molecule has 120 valence electrons. The molecular weight excluding hydrogens is 325 g/mol. The van der Waals surface area contributed by atoms with E-state index < -0.39 is 10.0 Å². The van der Waals surface area contributed by atoms with Gasteiger partial charge in [0.15, 0.2) is 0 Å². The van der Waals surface area contributed by atoms with E-state index in [2.05, 4.69) is 9.82 Å². The molecular formula is C14H18FN3O2S2. The van der Waals surface area contributed by atoms with Gasteiger partial charge in [0.1, 0.15) is 10.7 Å². The zero-order valence-electron chi connectivity index (χ0n) is 12.4. The Labute approximate surface area is 134 Å². The van der Waals surface area contributed by atoms with E-state index in [4.69, 9.17) is 0 Å². The van der Waals surface area contributed by atoms with Crippen LogP contribution in [0.4, 0.5) is 4.39 Å². The summed E-state index contributed by atoms with van der Waals surface area (Å²) in [4.78, 5) is 0.151. The lowest BCUT2D eigenvalue weighted by Crippen LogP contribution is -2.25. The molecule has 0 saturated heterocycles. The Hall–Kier alpha value is -1.38. The zero-order chi connectivity index (χ0) is 16.2. The number of aromatic nitrogens is 2. The summed E-state index contributed by atoms with van der Waals surface area (Å²) in [7, 11) is -1.85. The summed E-state index contributed by atoms with van der Waals surface area (Å²) >= 11 is 1.56. The van der Waals surface area contributed by atoms with Crippen molar-refractivity contribution in [1.82, 2.24) is 14.5 Å². The first-order valence-electron chi connectivity index (χ1n) is 6.74. The molecule has 0 fully saturated rings. The lowest BCUT2D eigenvalue weighted by atomic mass is 10.2. The van der Waals surface area contributed by atoms with Gasteiger partial charge in [-0.15, -0.1) is 0 Å². The van der Waals surface area contributed by atoms with Crippen LogP contribution in [0.2, 0.25) is 0 Å². The van der Waals surface area contributed by atoms with Crippen molar-refractivity contribution in [3.8, 4) is 0 Å². The lowest BCUT2D eigenvalue weighted by Gasteiger charge is -2.12. The van der Waals surface area contributed by atoms with Crippen LogP contribution in [0.5, 0.6) is 0 Å². The quantitative estimate of drug-likeness (QED) is 0.784. The van der Waals surface area contributed by atoms with Crippen molar-refractivity contribution in [2.75, 3.05) is 12.3 Å². The van der Waals surface area contributed by atoms with Crippen LogP contribution >= 0.6 is 11.8 Å². The van der Waals surface area contributed by atoms with Crippen molar-refractivity contribution in [1.29, 1.82) is 0 Å². The maximum absolute atomic E-state index is 13.2. The number of hydrogen-bond donors (Lipinski definition) is 1. The number of nitrogens with zero attached hydrogens (tertiary/aromatic N) is 2. The van der Waals surface area contributed by atoms with Gasteiger partial charge in [-0.2, -0.15) is 16.9 Å². The first kappa shape index (κ1) is 17.0. The minimum Gasteiger partial charge on any atom is -0.274 e. The number of halogens is 1. The highest BCUT2D eigenvalue weighted by Gasteiger charge is 2.15. The Morgan fingerprint density at radius 2 is 2.23 bits per heavy atom. The van der Waals surface area contributed by atoms with Crippen molar-refractivity contribution in [2.24, 2.45) is 7.05 Å². The Kier molecular flexibility index (Phi) is 5.60. The van der Waals surface area contributed by atoms with Gasteiger partial charge < -0.3 is 0 Å². The third-order valence-corrected chi connectivity index (χ3v) is 5.70. The van der Waals surface area contributed by atoms with Crippen molar-refractivity contribution < 1.29 is 12.8 Å². The van der Waals surface area contributed by atoms with Gasteiger partial charge in [0, 0.05) is 30.8 Å². The number of thioether (sulfide) groups is 1. The Bertz CT molecular complexity index is 731. The second-order valence-corrected chi connectivity index (χ2v) is 8.03. The number of benzene rings is 1. The standard InChI is InChI=1S/C14H18FN3O2S2/c1-11(12-4-3-5-13(15)8-12)21-7-6-17-22(19,20)14-9-16-18(2)10-14/h3-5,8-11,17H,6-7H2,1-2H3/t11-/m0/s1. The maximum atomic E-state index is 13.2. The molecule has 0 bridgehead atoms. The number of nitrogens with one attached hydrogen (secondary N) is 1. The smallest absolute Gasteiger partial charge is 0.243 e. The van der Waals surface area contributed by atoms with Crippen LogP contribution in [0.15, 0.2) is 41.6 Å². The molecule has 8 heteroatoms. The van der Waals surface area contributed by atoms with Crippen molar-refractivity contribution in [3.63, 3.8) is 0 Å². The van der Waals surface area contributed by atoms with E-state index in [1.165, 1.54) is 29.2 Å². The summed E-state index contributed by atoms with van der Waals surface area (Å²) < 4.78 is 41.1. The Balaban J connectivity index is 1.82. The van der Waals surface area contributed by atoms with E-state index in [9.17, 15) is 12.8 Å². The molecule has 2 rings (SSSR count). The molecule has 1 heterocycles. The molecule has 0 amide bonds. The fourth-order valence-corrected chi connectivity index (χ4v) is 3.94. The van der Waals surface area contributed by atoms with Crippen molar-refractivity contribution in [2.45, 2.75) is 17.1 Å². The molecule has 1 N–H and O–H groups in total. The van der Waals surface area contributed by atoms with Crippen LogP contribution in [0, 0.1) is 5.82 Å². The largest absolute Gasteiger partial charge is 0.274 e. The zero-order valence-corrected chi connectivity index (χ0v) is 14.0. The van der Waals surface area contributed by atoms with Gasteiger partial charge in [0.2, 0.25) is 10.0 Å². The van der Waals surface area contributed by atoms with Crippen molar-refractivity contribution in [3.05, 3.63) is 48.0 Å². The molecule has 0 spiro atoms. The summed E-state index contributed by atoms with van der Waals surface area (Å²) in [5, 5.41) is 3.94. The normalized spacial score (nSPS) is 13.2. The Morgan fingerprint density at radius 3 is 2.86 bits per heavy atom. The van der Waals surface area contributed by atoms with Gasteiger partial charge >= 0.3 is 0 Å². The van der Waals surface area contributed by atoms with Crippen LogP contribution in [-0.4, -0.2) is 30.5 Å². The maximum Gasteiger partial charge on any atom is 0.243 e. The molecule has 22 heavy (non-hydrogen) atoms. The molecule has 0 aliphatic rings. The van der Waals surface area contributed by atoms with E-state index >= 15 is 0 Å². The number of sulfonamides is 1. The van der Waals surface area contributed by atoms with E-state index in [1.807, 2.05) is 13.0 Å². The average Bonchev–Trinajstić information content (AvgIpc) is 2.91. The van der Waals surface area contributed by atoms with E-state index in [-0.39, 0.29) is 16.0 Å². The highest BCUT2D eigenvalue weighted by molar-refractivity contribution is 7.99. The van der Waals surface area contributed by atoms with Gasteiger partial charge in [-0.3, -0.25) is 4.68 Å². The van der Waals surface area contributed by atoms with E-state index in [1.54, 1.807) is 24.9 Å². The summed E-state index contributed by atoms with van der Waals surface area (Å²) in [5.74, 6) is 0.333. The third-order valence-electron chi connectivity index (χ3n) is 3.07. The number of aryl methyl sites for hydroxylation is 1. The van der Waals surface area contributed by atoms with Crippen LogP contribution in [-0.2, 0) is 17.1 Å². The number of hydrogen-bond acceptors (Lipinski definition) is 4. The van der Waals surface area contributed by atoms with Gasteiger partial charge in [-0.05, 0) is 24.6 Å². The highest BCUT2D eigenvalue weighted by atomic mass is 32.2. The second-order valence-electron chi connectivity index (χ2n) is 4.82. The molecule has 1 aromatic carbocycles.